The van der Waals surface area contributed by atoms with Crippen molar-refractivity contribution < 1.29 is 14.3 Å². The third-order valence-electron chi connectivity index (χ3n) is 6.05. The molecular weight excluding hydrogens is 380 g/mol. The molecule has 1 aromatic heterocycles. The molecule has 1 aromatic carbocycles. The highest BCUT2D eigenvalue weighted by Gasteiger charge is 2.32. The number of aryl methyl sites for hydroxylation is 2. The second-order valence-corrected chi connectivity index (χ2v) is 8.22. The molecule has 160 valence electrons. The number of piperidine rings is 1. The number of hydrogen-bond donors (Lipinski definition) is 0. The van der Waals surface area contributed by atoms with Gasteiger partial charge in [-0.1, -0.05) is 0 Å². The van der Waals surface area contributed by atoms with E-state index in [4.69, 9.17) is 9.47 Å². The second kappa shape index (κ2) is 8.50. The summed E-state index contributed by atoms with van der Waals surface area (Å²) in [5.74, 6) is 2.40. The lowest BCUT2D eigenvalue weighted by atomic mass is 9.93. The summed E-state index contributed by atoms with van der Waals surface area (Å²) in [5.41, 5.74) is 4.29. The predicted molar refractivity (Wildman–Crippen MR) is 115 cm³/mol. The van der Waals surface area contributed by atoms with Gasteiger partial charge in [0.05, 0.1) is 20.1 Å². The minimum absolute atomic E-state index is 0.0233. The number of anilines is 1. The fraction of sp³-hybridized carbons (Fsp3) is 0.522. The summed E-state index contributed by atoms with van der Waals surface area (Å²) in [4.78, 5) is 26.7. The second-order valence-electron chi connectivity index (χ2n) is 8.22. The van der Waals surface area contributed by atoms with Gasteiger partial charge in [-0.15, -0.1) is 0 Å². The number of fused-ring (bicyclic) bond motifs is 1. The molecule has 2 aromatic rings. The summed E-state index contributed by atoms with van der Waals surface area (Å²) in [6.07, 6.45) is 2.72. The largest absolute Gasteiger partial charge is 0.493 e. The van der Waals surface area contributed by atoms with Crippen molar-refractivity contribution in [3.05, 3.63) is 40.7 Å². The molecule has 2 aliphatic heterocycles. The Labute approximate surface area is 178 Å². The van der Waals surface area contributed by atoms with E-state index in [1.807, 2.05) is 36.9 Å². The van der Waals surface area contributed by atoms with Crippen molar-refractivity contribution >= 4 is 11.9 Å². The number of benzene rings is 1. The molecule has 30 heavy (non-hydrogen) atoms. The van der Waals surface area contributed by atoms with Gasteiger partial charge in [-0.3, -0.25) is 4.79 Å². The Hall–Kier alpha value is -2.83. The van der Waals surface area contributed by atoms with Crippen molar-refractivity contribution in [3.8, 4) is 11.5 Å². The molecule has 1 saturated heterocycles. The van der Waals surface area contributed by atoms with Gasteiger partial charge in [0.25, 0.3) is 0 Å². The van der Waals surface area contributed by atoms with Crippen LogP contribution in [0.5, 0.6) is 11.5 Å². The maximum atomic E-state index is 13.4. The van der Waals surface area contributed by atoms with E-state index in [2.05, 4.69) is 14.9 Å². The van der Waals surface area contributed by atoms with Gasteiger partial charge in [0.1, 0.15) is 0 Å². The SMILES string of the molecule is COc1cc2c(cc1OC)CN(C(=O)C1CCCN(c3nc(C)cc(C)n3)C1)CC2. The Morgan fingerprint density at radius 1 is 1.00 bits per heavy atom. The van der Waals surface area contributed by atoms with Crippen LogP contribution in [0.25, 0.3) is 0 Å². The molecule has 0 saturated carbocycles. The first kappa shape index (κ1) is 20.4. The lowest BCUT2D eigenvalue weighted by Crippen LogP contribution is -2.46. The summed E-state index contributed by atoms with van der Waals surface area (Å²) < 4.78 is 10.9. The first-order valence-corrected chi connectivity index (χ1v) is 10.6. The van der Waals surface area contributed by atoms with Gasteiger partial charge < -0.3 is 19.3 Å². The maximum absolute atomic E-state index is 13.4. The molecule has 7 nitrogen and oxygen atoms in total. The van der Waals surface area contributed by atoms with E-state index in [0.29, 0.717) is 18.8 Å². The highest BCUT2D eigenvalue weighted by molar-refractivity contribution is 5.80. The third-order valence-corrected chi connectivity index (χ3v) is 6.05. The molecule has 0 N–H and O–H groups in total. The third kappa shape index (κ3) is 4.06. The van der Waals surface area contributed by atoms with Crippen LogP contribution in [-0.4, -0.2) is 54.6 Å². The van der Waals surface area contributed by atoms with Gasteiger partial charge in [0.15, 0.2) is 11.5 Å². The van der Waals surface area contributed by atoms with Crippen molar-refractivity contribution in [2.75, 3.05) is 38.8 Å². The molecule has 1 unspecified atom stereocenters. The number of amides is 1. The van der Waals surface area contributed by atoms with E-state index in [-0.39, 0.29) is 11.8 Å². The van der Waals surface area contributed by atoms with Crippen LogP contribution in [0.4, 0.5) is 5.95 Å². The van der Waals surface area contributed by atoms with Crippen LogP contribution >= 0.6 is 0 Å². The lowest BCUT2D eigenvalue weighted by Gasteiger charge is -2.37. The molecule has 0 spiro atoms. The number of nitrogens with zero attached hydrogens (tertiary/aromatic N) is 4. The Morgan fingerprint density at radius 2 is 1.67 bits per heavy atom. The van der Waals surface area contributed by atoms with Crippen molar-refractivity contribution in [3.63, 3.8) is 0 Å². The Balaban J connectivity index is 1.48. The average molecular weight is 411 g/mol. The van der Waals surface area contributed by atoms with Gasteiger partial charge in [-0.05, 0) is 62.4 Å². The zero-order chi connectivity index (χ0) is 21.3. The molecule has 7 heteroatoms. The summed E-state index contributed by atoms with van der Waals surface area (Å²) >= 11 is 0. The summed E-state index contributed by atoms with van der Waals surface area (Å²) in [6.45, 7) is 6.89. The van der Waals surface area contributed by atoms with E-state index in [0.717, 1.165) is 61.0 Å². The Morgan fingerprint density at radius 3 is 2.33 bits per heavy atom. The topological polar surface area (TPSA) is 67.8 Å². The quantitative estimate of drug-likeness (QED) is 0.772. The maximum Gasteiger partial charge on any atom is 0.227 e. The Bertz CT molecular complexity index is 926. The van der Waals surface area contributed by atoms with E-state index in [9.17, 15) is 4.79 Å². The zero-order valence-electron chi connectivity index (χ0n) is 18.3. The van der Waals surface area contributed by atoms with Crippen molar-refractivity contribution in [2.45, 2.75) is 39.7 Å². The number of aromatic nitrogens is 2. The van der Waals surface area contributed by atoms with Crippen LogP contribution in [-0.2, 0) is 17.8 Å². The van der Waals surface area contributed by atoms with Gasteiger partial charge in [0, 0.05) is 37.6 Å². The van der Waals surface area contributed by atoms with E-state index in [1.165, 1.54) is 5.56 Å². The number of carbonyl (C=O) groups is 1. The number of rotatable bonds is 4. The summed E-state index contributed by atoms with van der Waals surface area (Å²) in [7, 11) is 3.29. The standard InChI is InChI=1S/C23H30N4O3/c1-15-10-16(2)25-23(24-15)27-8-5-6-18(13-27)22(28)26-9-7-17-11-20(29-3)21(30-4)12-19(17)14-26/h10-12,18H,5-9,13-14H2,1-4H3. The van der Waals surface area contributed by atoms with Gasteiger partial charge in [-0.2, -0.15) is 0 Å². The Kier molecular flexibility index (Phi) is 5.79. The molecule has 3 heterocycles. The molecule has 0 aliphatic carbocycles. The lowest BCUT2D eigenvalue weighted by molar-refractivity contribution is -0.136. The predicted octanol–water partition coefficient (Wildman–Crippen LogP) is 2.91. The first-order chi connectivity index (χ1) is 14.5. The van der Waals surface area contributed by atoms with Crippen LogP contribution in [0.15, 0.2) is 18.2 Å². The summed E-state index contributed by atoms with van der Waals surface area (Å²) in [6, 6.07) is 6.02. The van der Waals surface area contributed by atoms with Crippen LogP contribution in [0.1, 0.15) is 35.4 Å². The van der Waals surface area contributed by atoms with Gasteiger partial charge in [0.2, 0.25) is 11.9 Å². The van der Waals surface area contributed by atoms with Crippen LogP contribution < -0.4 is 14.4 Å². The molecule has 1 atom stereocenters. The van der Waals surface area contributed by atoms with Crippen LogP contribution in [0.2, 0.25) is 0 Å². The highest BCUT2D eigenvalue weighted by Crippen LogP contribution is 2.34. The highest BCUT2D eigenvalue weighted by atomic mass is 16.5. The van der Waals surface area contributed by atoms with E-state index >= 15 is 0 Å². The molecule has 0 bridgehead atoms. The number of methoxy groups -OCH3 is 2. The molecule has 1 fully saturated rings. The van der Waals surface area contributed by atoms with Crippen LogP contribution in [0.3, 0.4) is 0 Å². The number of carbonyl (C=O) groups excluding carboxylic acids is 1. The molecule has 2 aliphatic rings. The van der Waals surface area contributed by atoms with Crippen molar-refractivity contribution in [1.29, 1.82) is 0 Å². The normalized spacial score (nSPS) is 18.7. The molecule has 0 radical (unpaired) electrons. The summed E-state index contributed by atoms with van der Waals surface area (Å²) in [5, 5.41) is 0. The van der Waals surface area contributed by atoms with Gasteiger partial charge >= 0.3 is 0 Å². The number of ether oxygens (including phenoxy) is 2. The fourth-order valence-corrected chi connectivity index (χ4v) is 4.54. The average Bonchev–Trinajstić information content (AvgIpc) is 2.76. The molecular formula is C23H30N4O3. The van der Waals surface area contributed by atoms with Crippen molar-refractivity contribution in [2.24, 2.45) is 5.92 Å². The van der Waals surface area contributed by atoms with Crippen molar-refractivity contribution in [1.82, 2.24) is 14.9 Å². The van der Waals surface area contributed by atoms with Crippen LogP contribution in [0, 0.1) is 19.8 Å². The minimum Gasteiger partial charge on any atom is -0.493 e. The molecule has 1 amide bonds. The van der Waals surface area contributed by atoms with E-state index < -0.39 is 0 Å². The van der Waals surface area contributed by atoms with E-state index in [1.54, 1.807) is 14.2 Å². The molecule has 4 rings (SSSR count). The smallest absolute Gasteiger partial charge is 0.227 e. The minimum atomic E-state index is -0.0233. The van der Waals surface area contributed by atoms with Gasteiger partial charge in [-0.25, -0.2) is 9.97 Å². The zero-order valence-corrected chi connectivity index (χ0v) is 18.3. The first-order valence-electron chi connectivity index (χ1n) is 10.6. The fourth-order valence-electron chi connectivity index (χ4n) is 4.54. The monoisotopic (exact) mass is 410 g/mol. The number of hydrogen-bond acceptors (Lipinski definition) is 6.